The lowest BCUT2D eigenvalue weighted by Crippen LogP contribution is -2.34. The van der Waals surface area contributed by atoms with E-state index in [9.17, 15) is 19.0 Å². The Morgan fingerprint density at radius 2 is 0.697 bits per heavy atom. The molecular weight excluding hydrogens is 850 g/mol. The second-order valence-electron chi connectivity index (χ2n) is 19.8. The van der Waals surface area contributed by atoms with Crippen LogP contribution in [-0.4, -0.2) is 60.5 Å². The van der Waals surface area contributed by atoms with Crippen molar-refractivity contribution in [3.05, 3.63) is 0 Å². The number of unbranched alkanes of at least 4 members (excludes halogenated alkanes) is 42. The summed E-state index contributed by atoms with van der Waals surface area (Å²) in [4.78, 5) is 33.8. The molecule has 0 amide bonds. The molecule has 0 radical (unpaired) electrons. The van der Waals surface area contributed by atoms with Crippen LogP contribution in [0.4, 0.5) is 0 Å². The highest BCUT2D eigenvalue weighted by atomic mass is 31.2. The normalized spacial score (nSPS) is 13.5. The zero-order valence-electron chi connectivity index (χ0n) is 43.6. The molecule has 10 nitrogen and oxygen atoms in total. The van der Waals surface area contributed by atoms with Crippen molar-refractivity contribution in [1.82, 2.24) is 0 Å². The van der Waals surface area contributed by atoms with E-state index in [1.165, 1.54) is 244 Å². The molecule has 0 aromatic carbocycles. The first-order valence-electron chi connectivity index (χ1n) is 28.6. The average molecular weight is 960 g/mol. The molecule has 0 heterocycles. The number of esters is 1. The fourth-order valence-corrected chi connectivity index (χ4v) is 9.51. The lowest BCUT2D eigenvalue weighted by molar-refractivity contribution is -0.154. The van der Waals surface area contributed by atoms with Crippen LogP contribution in [0.3, 0.4) is 0 Å². The zero-order chi connectivity index (χ0) is 48.3. The van der Waals surface area contributed by atoms with Gasteiger partial charge in [-0.2, -0.15) is 0 Å². The van der Waals surface area contributed by atoms with Crippen LogP contribution in [0.5, 0.6) is 0 Å². The fourth-order valence-electron chi connectivity index (χ4n) is 8.73. The number of phosphoric acid groups is 1. The van der Waals surface area contributed by atoms with Crippen LogP contribution < -0.4 is 5.73 Å². The van der Waals surface area contributed by atoms with Crippen molar-refractivity contribution in [3.63, 3.8) is 0 Å². The molecule has 3 atom stereocenters. The quantitative estimate of drug-likeness (QED) is 0.0305. The molecule has 0 spiro atoms. The Balaban J connectivity index is 3.99. The average Bonchev–Trinajstić information content (AvgIpc) is 3.30. The molecule has 1 unspecified atom stereocenters. The summed E-state index contributed by atoms with van der Waals surface area (Å²) in [6.07, 6.45) is 57.5. The smallest absolute Gasteiger partial charge is 0.472 e. The van der Waals surface area contributed by atoms with E-state index >= 15 is 0 Å². The summed E-state index contributed by atoms with van der Waals surface area (Å²) in [5, 5.41) is 8.94. The van der Waals surface area contributed by atoms with Crippen molar-refractivity contribution in [3.8, 4) is 0 Å². The minimum atomic E-state index is -4.62. The largest absolute Gasteiger partial charge is 0.480 e. The van der Waals surface area contributed by atoms with Gasteiger partial charge in [0.05, 0.1) is 19.8 Å². The Bertz CT molecular complexity index is 1070. The van der Waals surface area contributed by atoms with Crippen molar-refractivity contribution in [2.24, 2.45) is 5.73 Å². The van der Waals surface area contributed by atoms with Gasteiger partial charge in [0, 0.05) is 13.0 Å². The molecule has 0 rings (SSSR count). The van der Waals surface area contributed by atoms with Crippen LogP contribution in [0.2, 0.25) is 0 Å². The molecular formula is C55H110NO9P. The van der Waals surface area contributed by atoms with E-state index in [2.05, 4.69) is 13.8 Å². The van der Waals surface area contributed by atoms with Gasteiger partial charge in [0.2, 0.25) is 0 Å². The molecule has 0 aliphatic heterocycles. The number of carboxylic acids is 1. The van der Waals surface area contributed by atoms with Crippen LogP contribution in [0.15, 0.2) is 0 Å². The van der Waals surface area contributed by atoms with Crippen LogP contribution in [0.25, 0.3) is 0 Å². The van der Waals surface area contributed by atoms with Crippen molar-refractivity contribution in [2.75, 3.05) is 26.4 Å². The zero-order valence-corrected chi connectivity index (χ0v) is 44.5. The first-order chi connectivity index (χ1) is 32.2. The Morgan fingerprint density at radius 1 is 0.424 bits per heavy atom. The summed E-state index contributed by atoms with van der Waals surface area (Å²) in [6.45, 7) is 3.97. The Morgan fingerprint density at radius 3 is 1.00 bits per heavy atom. The number of carbonyl (C=O) groups is 2. The third-order valence-corrected chi connectivity index (χ3v) is 14.1. The third-order valence-electron chi connectivity index (χ3n) is 13.1. The number of carboxylic acid groups (broad SMARTS) is 1. The number of hydrogen-bond donors (Lipinski definition) is 3. The third kappa shape index (κ3) is 50.8. The molecule has 394 valence electrons. The number of phosphoric ester groups is 1. The van der Waals surface area contributed by atoms with Crippen LogP contribution >= 0.6 is 7.82 Å². The first-order valence-corrected chi connectivity index (χ1v) is 30.1. The molecule has 0 saturated heterocycles. The van der Waals surface area contributed by atoms with Gasteiger partial charge in [-0.25, -0.2) is 4.57 Å². The van der Waals surface area contributed by atoms with Gasteiger partial charge in [-0.1, -0.05) is 284 Å². The molecule has 0 aliphatic rings. The number of ether oxygens (including phenoxy) is 2. The number of nitrogens with two attached hydrogens (primary N) is 1. The highest BCUT2D eigenvalue weighted by molar-refractivity contribution is 7.47. The topological polar surface area (TPSA) is 155 Å². The summed E-state index contributed by atoms with van der Waals surface area (Å²) in [5.74, 6) is -1.76. The van der Waals surface area contributed by atoms with Crippen LogP contribution in [0, 0.1) is 0 Å². The van der Waals surface area contributed by atoms with Gasteiger partial charge in [0.15, 0.2) is 0 Å². The lowest BCUT2D eigenvalue weighted by Gasteiger charge is -2.20. The number of rotatable bonds is 56. The standard InChI is InChI=1S/C55H110NO9P/c1-3-5-7-9-11-13-15-17-19-21-23-24-25-26-27-28-29-30-31-33-35-37-39-41-43-45-47-54(57)65-52(50-63-66(60,61)64-51-53(56)55(58)59)49-62-48-46-44-42-40-38-36-34-32-22-20-18-16-14-12-10-8-6-4-2/h52-53H,3-51,56H2,1-2H3,(H,58,59)(H,60,61)/t52-,53+/m1/s1. The fraction of sp³-hybridized carbons (Fsp3) is 0.964. The van der Waals surface area contributed by atoms with Crippen molar-refractivity contribution in [2.45, 2.75) is 315 Å². The molecule has 0 fully saturated rings. The van der Waals surface area contributed by atoms with Crippen molar-refractivity contribution < 1.29 is 42.7 Å². The summed E-state index contributed by atoms with van der Waals surface area (Å²) >= 11 is 0. The Hall–Kier alpha value is -1.03. The van der Waals surface area contributed by atoms with Crippen molar-refractivity contribution >= 4 is 19.8 Å². The van der Waals surface area contributed by atoms with Crippen molar-refractivity contribution in [1.29, 1.82) is 0 Å². The second kappa shape index (κ2) is 51.8. The molecule has 0 saturated carbocycles. The van der Waals surface area contributed by atoms with E-state index in [1.807, 2.05) is 0 Å². The second-order valence-corrected chi connectivity index (χ2v) is 21.2. The van der Waals surface area contributed by atoms with Gasteiger partial charge in [0.1, 0.15) is 12.1 Å². The number of carbonyl (C=O) groups excluding carboxylic acids is 1. The maximum absolute atomic E-state index is 12.7. The molecule has 66 heavy (non-hydrogen) atoms. The van der Waals surface area contributed by atoms with Gasteiger partial charge in [0.25, 0.3) is 0 Å². The van der Waals surface area contributed by atoms with Gasteiger partial charge >= 0.3 is 19.8 Å². The molecule has 11 heteroatoms. The van der Waals surface area contributed by atoms with Gasteiger partial charge in [-0.15, -0.1) is 0 Å². The highest BCUT2D eigenvalue weighted by Gasteiger charge is 2.27. The Kier molecular flexibility index (Phi) is 51.0. The predicted molar refractivity (Wildman–Crippen MR) is 277 cm³/mol. The monoisotopic (exact) mass is 960 g/mol. The maximum atomic E-state index is 12.7. The van der Waals surface area contributed by atoms with E-state index < -0.39 is 45.1 Å². The van der Waals surface area contributed by atoms with Gasteiger partial charge in [-0.05, 0) is 12.8 Å². The minimum Gasteiger partial charge on any atom is -0.480 e. The molecule has 0 bridgehead atoms. The van der Waals surface area contributed by atoms with Gasteiger partial charge < -0.3 is 25.2 Å². The highest BCUT2D eigenvalue weighted by Crippen LogP contribution is 2.43. The maximum Gasteiger partial charge on any atom is 0.472 e. The molecule has 0 aliphatic carbocycles. The van der Waals surface area contributed by atoms with Crippen LogP contribution in [-0.2, 0) is 32.7 Å². The minimum absolute atomic E-state index is 0.0266. The summed E-state index contributed by atoms with van der Waals surface area (Å²) < 4.78 is 33.6. The molecule has 0 aromatic heterocycles. The lowest BCUT2D eigenvalue weighted by atomic mass is 10.0. The number of hydrogen-bond acceptors (Lipinski definition) is 8. The van der Waals surface area contributed by atoms with E-state index in [4.69, 9.17) is 29.4 Å². The summed E-state index contributed by atoms with van der Waals surface area (Å²) in [5.41, 5.74) is 5.39. The van der Waals surface area contributed by atoms with Gasteiger partial charge in [-0.3, -0.25) is 18.6 Å². The van der Waals surface area contributed by atoms with Crippen LogP contribution in [0.1, 0.15) is 303 Å². The number of aliphatic carboxylic acids is 1. The van der Waals surface area contributed by atoms with E-state index in [0.717, 1.165) is 38.5 Å². The first kappa shape index (κ1) is 65.0. The molecule has 4 N–H and O–H groups in total. The Labute approximate surface area is 408 Å². The predicted octanol–water partition coefficient (Wildman–Crippen LogP) is 17.1. The summed E-state index contributed by atoms with van der Waals surface area (Å²) in [7, 11) is -4.62. The van der Waals surface area contributed by atoms with E-state index in [-0.39, 0.29) is 13.0 Å². The van der Waals surface area contributed by atoms with E-state index in [0.29, 0.717) is 6.61 Å². The molecule has 0 aromatic rings. The van der Waals surface area contributed by atoms with E-state index in [1.54, 1.807) is 0 Å². The SMILES string of the molecule is CCCCCCCCCCCCCCCCCCCCCCCCCCCCC(=O)O[C@H](COCCCCCCCCCCCCCCCCCCCC)COP(=O)(O)OC[C@H](N)C(=O)O. The summed E-state index contributed by atoms with van der Waals surface area (Å²) in [6, 6.07) is -1.47.